The lowest BCUT2D eigenvalue weighted by Gasteiger charge is -2.12. The molecule has 0 saturated heterocycles. The van der Waals surface area contributed by atoms with Crippen molar-refractivity contribution in [2.75, 3.05) is 24.7 Å². The maximum absolute atomic E-state index is 11.1. The van der Waals surface area contributed by atoms with Crippen molar-refractivity contribution in [3.05, 3.63) is 11.4 Å². The van der Waals surface area contributed by atoms with Crippen LogP contribution in [0, 0.1) is 13.8 Å². The van der Waals surface area contributed by atoms with E-state index in [9.17, 15) is 4.79 Å². The number of aryl methyl sites for hydroxylation is 1. The van der Waals surface area contributed by atoms with Gasteiger partial charge in [0.1, 0.15) is 16.7 Å². The second-order valence-corrected chi connectivity index (χ2v) is 5.23. The molecular formula is C13H21N3O2S. The summed E-state index contributed by atoms with van der Waals surface area (Å²) < 4.78 is 4.62. The van der Waals surface area contributed by atoms with Crippen LogP contribution < -0.4 is 5.32 Å². The first-order valence-corrected chi connectivity index (χ1v) is 7.35. The fourth-order valence-corrected chi connectivity index (χ4v) is 2.46. The summed E-state index contributed by atoms with van der Waals surface area (Å²) in [6.45, 7) is 6.88. The van der Waals surface area contributed by atoms with Crippen LogP contribution in [0.4, 0.5) is 5.82 Å². The molecule has 1 rings (SSSR count). The van der Waals surface area contributed by atoms with Gasteiger partial charge in [0.2, 0.25) is 0 Å². The van der Waals surface area contributed by atoms with Crippen molar-refractivity contribution in [2.24, 2.45) is 0 Å². The molecule has 0 aliphatic heterocycles. The third-order valence-corrected chi connectivity index (χ3v) is 3.61. The van der Waals surface area contributed by atoms with Gasteiger partial charge in [-0.15, -0.1) is 11.8 Å². The van der Waals surface area contributed by atoms with E-state index in [1.165, 1.54) is 7.11 Å². The normalized spacial score (nSPS) is 10.3. The molecule has 0 spiro atoms. The first-order valence-electron chi connectivity index (χ1n) is 6.37. The van der Waals surface area contributed by atoms with Crippen molar-refractivity contribution in [3.8, 4) is 0 Å². The summed E-state index contributed by atoms with van der Waals surface area (Å²) in [6, 6.07) is 0. The molecule has 5 nitrogen and oxygen atoms in total. The number of ether oxygens (including phenoxy) is 1. The quantitative estimate of drug-likeness (QED) is 0.471. The molecule has 0 saturated carbocycles. The van der Waals surface area contributed by atoms with Gasteiger partial charge in [-0.3, -0.25) is 4.79 Å². The Balaban J connectivity index is 2.71. The van der Waals surface area contributed by atoms with Gasteiger partial charge in [-0.2, -0.15) is 0 Å². The van der Waals surface area contributed by atoms with Gasteiger partial charge in [0.25, 0.3) is 0 Å². The summed E-state index contributed by atoms with van der Waals surface area (Å²) in [5.74, 6) is 2.09. The van der Waals surface area contributed by atoms with E-state index in [1.807, 2.05) is 13.8 Å². The third kappa shape index (κ3) is 5.06. The zero-order valence-corrected chi connectivity index (χ0v) is 12.8. The summed E-state index contributed by atoms with van der Waals surface area (Å²) in [5, 5.41) is 4.22. The van der Waals surface area contributed by atoms with Crippen LogP contribution in [0.3, 0.4) is 0 Å². The molecule has 1 heterocycles. The van der Waals surface area contributed by atoms with E-state index in [0.717, 1.165) is 35.2 Å². The molecule has 0 unspecified atom stereocenters. The summed E-state index contributed by atoms with van der Waals surface area (Å²) in [7, 11) is 1.40. The molecule has 1 aromatic heterocycles. The van der Waals surface area contributed by atoms with Gasteiger partial charge in [0.15, 0.2) is 0 Å². The van der Waals surface area contributed by atoms with E-state index in [0.29, 0.717) is 12.2 Å². The van der Waals surface area contributed by atoms with Crippen LogP contribution in [0.25, 0.3) is 0 Å². The van der Waals surface area contributed by atoms with Crippen molar-refractivity contribution < 1.29 is 9.53 Å². The fourth-order valence-electron chi connectivity index (χ4n) is 1.49. The van der Waals surface area contributed by atoms with E-state index < -0.39 is 0 Å². The molecule has 0 radical (unpaired) electrons. The topological polar surface area (TPSA) is 64.1 Å². The minimum Gasteiger partial charge on any atom is -0.469 e. The standard InChI is InChI=1S/C13H21N3O2S/c1-5-7-14-12-9(2)13(16-10(3)15-12)19-8-6-11(17)18-4/h5-8H2,1-4H3,(H,14,15,16). The van der Waals surface area contributed by atoms with E-state index >= 15 is 0 Å². The number of esters is 1. The van der Waals surface area contributed by atoms with E-state index in [-0.39, 0.29) is 5.97 Å². The number of carbonyl (C=O) groups is 1. The molecule has 6 heteroatoms. The number of thioether (sulfide) groups is 1. The monoisotopic (exact) mass is 283 g/mol. The smallest absolute Gasteiger partial charge is 0.306 e. The zero-order chi connectivity index (χ0) is 14.3. The molecular weight excluding hydrogens is 262 g/mol. The average molecular weight is 283 g/mol. The molecule has 0 aromatic carbocycles. The summed E-state index contributed by atoms with van der Waals surface area (Å²) in [6.07, 6.45) is 1.44. The highest BCUT2D eigenvalue weighted by atomic mass is 32.2. The summed E-state index contributed by atoms with van der Waals surface area (Å²) >= 11 is 1.56. The summed E-state index contributed by atoms with van der Waals surface area (Å²) in [4.78, 5) is 19.9. The molecule has 19 heavy (non-hydrogen) atoms. The molecule has 0 atom stereocenters. The molecule has 1 N–H and O–H groups in total. The van der Waals surface area contributed by atoms with Crippen molar-refractivity contribution in [1.29, 1.82) is 0 Å². The Morgan fingerprint density at radius 2 is 2.11 bits per heavy atom. The van der Waals surface area contributed by atoms with Gasteiger partial charge in [-0.05, 0) is 20.3 Å². The van der Waals surface area contributed by atoms with E-state index in [4.69, 9.17) is 0 Å². The van der Waals surface area contributed by atoms with Crippen molar-refractivity contribution in [2.45, 2.75) is 38.6 Å². The number of nitrogens with zero attached hydrogens (tertiary/aromatic N) is 2. The summed E-state index contributed by atoms with van der Waals surface area (Å²) in [5.41, 5.74) is 1.04. The predicted molar refractivity (Wildman–Crippen MR) is 77.6 cm³/mol. The number of hydrogen-bond acceptors (Lipinski definition) is 6. The molecule has 0 bridgehead atoms. The number of methoxy groups -OCH3 is 1. The van der Waals surface area contributed by atoms with E-state index in [2.05, 4.69) is 26.9 Å². The Hall–Kier alpha value is -1.30. The Labute approximate surface area is 118 Å². The van der Waals surface area contributed by atoms with Gasteiger partial charge in [-0.1, -0.05) is 6.92 Å². The van der Waals surface area contributed by atoms with Crippen LogP contribution in [0.1, 0.15) is 31.2 Å². The third-order valence-electron chi connectivity index (χ3n) is 2.53. The lowest BCUT2D eigenvalue weighted by Crippen LogP contribution is -2.08. The van der Waals surface area contributed by atoms with Gasteiger partial charge < -0.3 is 10.1 Å². The minimum absolute atomic E-state index is 0.194. The number of nitrogens with one attached hydrogen (secondary N) is 1. The molecule has 0 fully saturated rings. The second kappa shape index (κ2) is 7.99. The average Bonchev–Trinajstić information content (AvgIpc) is 2.40. The SMILES string of the molecule is CCCNc1nc(C)nc(SCCC(=O)OC)c1C. The molecule has 1 aromatic rings. The van der Waals surface area contributed by atoms with Gasteiger partial charge in [0.05, 0.1) is 13.5 Å². The Bertz CT molecular complexity index is 438. The predicted octanol–water partition coefficient (Wildman–Crippen LogP) is 2.57. The second-order valence-electron chi connectivity index (χ2n) is 4.15. The van der Waals surface area contributed by atoms with Crippen LogP contribution in [0.2, 0.25) is 0 Å². The van der Waals surface area contributed by atoms with Crippen LogP contribution in [-0.4, -0.2) is 35.3 Å². The van der Waals surface area contributed by atoms with Crippen LogP contribution in [0.5, 0.6) is 0 Å². The maximum Gasteiger partial charge on any atom is 0.306 e. The largest absolute Gasteiger partial charge is 0.469 e. The van der Waals surface area contributed by atoms with Crippen molar-refractivity contribution in [1.82, 2.24) is 9.97 Å². The first-order chi connectivity index (χ1) is 9.08. The number of carbonyl (C=O) groups excluding carboxylic acids is 1. The number of rotatable bonds is 7. The lowest BCUT2D eigenvalue weighted by molar-refractivity contribution is -0.140. The minimum atomic E-state index is -0.194. The van der Waals surface area contributed by atoms with E-state index in [1.54, 1.807) is 11.8 Å². The number of hydrogen-bond donors (Lipinski definition) is 1. The van der Waals surface area contributed by atoms with Gasteiger partial charge in [0, 0.05) is 17.9 Å². The van der Waals surface area contributed by atoms with Crippen LogP contribution in [-0.2, 0) is 9.53 Å². The van der Waals surface area contributed by atoms with Crippen molar-refractivity contribution in [3.63, 3.8) is 0 Å². The first kappa shape index (κ1) is 15.8. The van der Waals surface area contributed by atoms with Crippen molar-refractivity contribution >= 4 is 23.5 Å². The molecule has 106 valence electrons. The zero-order valence-electron chi connectivity index (χ0n) is 11.9. The highest BCUT2D eigenvalue weighted by Gasteiger charge is 2.10. The Morgan fingerprint density at radius 3 is 2.74 bits per heavy atom. The molecule has 0 aliphatic carbocycles. The fraction of sp³-hybridized carbons (Fsp3) is 0.615. The Morgan fingerprint density at radius 1 is 1.37 bits per heavy atom. The lowest BCUT2D eigenvalue weighted by atomic mass is 10.3. The Kier molecular flexibility index (Phi) is 6.62. The molecule has 0 amide bonds. The van der Waals surface area contributed by atoms with Crippen LogP contribution in [0.15, 0.2) is 5.03 Å². The van der Waals surface area contributed by atoms with Crippen LogP contribution >= 0.6 is 11.8 Å². The van der Waals surface area contributed by atoms with Gasteiger partial charge >= 0.3 is 5.97 Å². The highest BCUT2D eigenvalue weighted by Crippen LogP contribution is 2.25. The number of aromatic nitrogens is 2. The highest BCUT2D eigenvalue weighted by molar-refractivity contribution is 7.99. The number of anilines is 1. The molecule has 0 aliphatic rings. The van der Waals surface area contributed by atoms with Gasteiger partial charge in [-0.25, -0.2) is 9.97 Å². The maximum atomic E-state index is 11.1.